The molecular weight excluding hydrogens is 335 g/mol. The van der Waals surface area contributed by atoms with E-state index in [1.807, 2.05) is 0 Å². The highest BCUT2D eigenvalue weighted by molar-refractivity contribution is 9.10. The van der Waals surface area contributed by atoms with Crippen molar-refractivity contribution in [1.29, 1.82) is 0 Å². The molecule has 0 aliphatic heterocycles. The number of hydrogen-bond donors (Lipinski definition) is 1. The van der Waals surface area contributed by atoms with Gasteiger partial charge in [0, 0.05) is 23.9 Å². The molecule has 0 atom stereocenters. The summed E-state index contributed by atoms with van der Waals surface area (Å²) in [6.45, 7) is -0.351. The summed E-state index contributed by atoms with van der Waals surface area (Å²) < 4.78 is 18.7. The first kappa shape index (κ1) is 14.4. The summed E-state index contributed by atoms with van der Waals surface area (Å²) in [5, 5.41) is 20.1. The van der Waals surface area contributed by atoms with Crippen LogP contribution in [0.5, 0.6) is 11.6 Å². The van der Waals surface area contributed by atoms with Gasteiger partial charge in [-0.25, -0.2) is 9.37 Å². The molecule has 2 rings (SSSR count). The molecule has 0 amide bonds. The standard InChI is InChI=1S/C12H8BrFN2O4/c13-8-4-10(16(18)19)11(5-9(8)14)20-12-7(6-17)2-1-3-15-12/h1-5,17H,6H2. The van der Waals surface area contributed by atoms with Crippen LogP contribution in [0.1, 0.15) is 5.56 Å². The zero-order valence-electron chi connectivity index (χ0n) is 9.92. The highest BCUT2D eigenvalue weighted by Gasteiger charge is 2.20. The van der Waals surface area contributed by atoms with Gasteiger partial charge < -0.3 is 9.84 Å². The number of nitrogens with zero attached hydrogens (tertiary/aromatic N) is 2. The van der Waals surface area contributed by atoms with Gasteiger partial charge in [0.25, 0.3) is 0 Å². The summed E-state index contributed by atoms with van der Waals surface area (Å²) in [6.07, 6.45) is 1.40. The number of rotatable bonds is 4. The molecule has 0 fully saturated rings. The maximum Gasteiger partial charge on any atom is 0.312 e. The number of aliphatic hydroxyl groups is 1. The molecule has 1 N–H and O–H groups in total. The number of hydrogen-bond acceptors (Lipinski definition) is 5. The third-order valence-corrected chi connectivity index (χ3v) is 3.03. The highest BCUT2D eigenvalue weighted by Crippen LogP contribution is 2.35. The lowest BCUT2D eigenvalue weighted by Gasteiger charge is -2.09. The van der Waals surface area contributed by atoms with Crippen LogP contribution in [-0.4, -0.2) is 15.0 Å². The Morgan fingerprint density at radius 3 is 2.90 bits per heavy atom. The molecule has 1 aromatic heterocycles. The Labute approximate surface area is 121 Å². The molecule has 0 saturated carbocycles. The molecule has 6 nitrogen and oxygen atoms in total. The zero-order chi connectivity index (χ0) is 14.7. The van der Waals surface area contributed by atoms with E-state index in [1.165, 1.54) is 6.20 Å². The SMILES string of the molecule is O=[N+]([O-])c1cc(Br)c(F)cc1Oc1ncccc1CO. The first-order chi connectivity index (χ1) is 9.52. The van der Waals surface area contributed by atoms with E-state index in [0.29, 0.717) is 5.56 Å². The van der Waals surface area contributed by atoms with Gasteiger partial charge in [0.15, 0.2) is 0 Å². The number of halogens is 2. The van der Waals surface area contributed by atoms with E-state index in [4.69, 9.17) is 9.84 Å². The van der Waals surface area contributed by atoms with E-state index in [1.54, 1.807) is 12.1 Å². The summed E-state index contributed by atoms with van der Waals surface area (Å²) in [5.74, 6) is -1.00. The van der Waals surface area contributed by atoms with E-state index >= 15 is 0 Å². The normalized spacial score (nSPS) is 10.3. The van der Waals surface area contributed by atoms with E-state index in [0.717, 1.165) is 12.1 Å². The lowest BCUT2D eigenvalue weighted by Crippen LogP contribution is -1.99. The Kier molecular flexibility index (Phi) is 4.26. The molecule has 20 heavy (non-hydrogen) atoms. The van der Waals surface area contributed by atoms with Gasteiger partial charge in [-0.15, -0.1) is 0 Å². The molecule has 0 aliphatic carbocycles. The molecule has 0 spiro atoms. The molecule has 1 heterocycles. The van der Waals surface area contributed by atoms with Gasteiger partial charge in [0.05, 0.1) is 16.0 Å². The second-order valence-electron chi connectivity index (χ2n) is 3.72. The van der Waals surface area contributed by atoms with E-state index in [-0.39, 0.29) is 22.7 Å². The maximum absolute atomic E-state index is 13.5. The monoisotopic (exact) mass is 342 g/mol. The molecule has 0 aliphatic rings. The van der Waals surface area contributed by atoms with Crippen molar-refractivity contribution in [2.45, 2.75) is 6.61 Å². The number of nitro benzene ring substituents is 1. The molecule has 0 radical (unpaired) electrons. The van der Waals surface area contributed by atoms with Gasteiger partial charge in [-0.3, -0.25) is 10.1 Å². The van der Waals surface area contributed by atoms with E-state index < -0.39 is 16.4 Å². The summed E-state index contributed by atoms with van der Waals surface area (Å²) in [7, 11) is 0. The number of benzene rings is 1. The quantitative estimate of drug-likeness (QED) is 0.681. The average Bonchev–Trinajstić information content (AvgIpc) is 2.43. The topological polar surface area (TPSA) is 85.5 Å². The van der Waals surface area contributed by atoms with Gasteiger partial charge in [-0.05, 0) is 28.1 Å². The fourth-order valence-electron chi connectivity index (χ4n) is 1.48. The minimum Gasteiger partial charge on any atom is -0.431 e. The minimum atomic E-state index is -0.702. The fourth-order valence-corrected chi connectivity index (χ4v) is 1.81. The van der Waals surface area contributed by atoms with Crippen molar-refractivity contribution < 1.29 is 19.2 Å². The van der Waals surface area contributed by atoms with Crippen molar-refractivity contribution in [3.63, 3.8) is 0 Å². The fraction of sp³-hybridized carbons (Fsp3) is 0.0833. The van der Waals surface area contributed by atoms with Crippen LogP contribution in [0.3, 0.4) is 0 Å². The summed E-state index contributed by atoms with van der Waals surface area (Å²) >= 11 is 2.87. The van der Waals surface area contributed by atoms with E-state index in [2.05, 4.69) is 20.9 Å². The Balaban J connectivity index is 2.47. The van der Waals surface area contributed by atoms with Crippen LogP contribution in [0.4, 0.5) is 10.1 Å². The molecule has 8 heteroatoms. The Bertz CT molecular complexity index is 666. The molecule has 2 aromatic rings. The van der Waals surface area contributed by atoms with Gasteiger partial charge in [-0.1, -0.05) is 0 Å². The largest absolute Gasteiger partial charge is 0.431 e. The van der Waals surface area contributed by atoms with Crippen LogP contribution in [0.2, 0.25) is 0 Å². The smallest absolute Gasteiger partial charge is 0.312 e. The second kappa shape index (κ2) is 5.93. The Morgan fingerprint density at radius 2 is 2.25 bits per heavy atom. The van der Waals surface area contributed by atoms with Crippen LogP contribution in [0.15, 0.2) is 34.9 Å². The zero-order valence-corrected chi connectivity index (χ0v) is 11.5. The van der Waals surface area contributed by atoms with Crippen LogP contribution >= 0.6 is 15.9 Å². The number of aliphatic hydroxyl groups excluding tert-OH is 1. The predicted molar refractivity (Wildman–Crippen MR) is 71.0 cm³/mol. The molecule has 104 valence electrons. The van der Waals surface area contributed by atoms with Gasteiger partial charge in [-0.2, -0.15) is 0 Å². The summed E-state index contributed by atoms with van der Waals surface area (Å²) in [5.41, 5.74) is -0.0713. The first-order valence-corrected chi connectivity index (χ1v) is 6.18. The van der Waals surface area contributed by atoms with Gasteiger partial charge in [0.1, 0.15) is 5.82 Å². The van der Waals surface area contributed by atoms with Gasteiger partial charge >= 0.3 is 5.69 Å². The van der Waals surface area contributed by atoms with Gasteiger partial charge in [0.2, 0.25) is 11.6 Å². The number of ether oxygens (including phenoxy) is 1. The lowest BCUT2D eigenvalue weighted by molar-refractivity contribution is -0.385. The molecule has 1 aromatic carbocycles. The molecule has 0 bridgehead atoms. The van der Waals surface area contributed by atoms with Crippen LogP contribution < -0.4 is 4.74 Å². The van der Waals surface area contributed by atoms with Crippen LogP contribution in [-0.2, 0) is 6.61 Å². The number of nitro groups is 1. The second-order valence-corrected chi connectivity index (χ2v) is 4.57. The first-order valence-electron chi connectivity index (χ1n) is 5.39. The highest BCUT2D eigenvalue weighted by atomic mass is 79.9. The Morgan fingerprint density at radius 1 is 1.50 bits per heavy atom. The van der Waals surface area contributed by atoms with Crippen molar-refractivity contribution >= 4 is 21.6 Å². The van der Waals surface area contributed by atoms with Crippen molar-refractivity contribution in [3.05, 3.63) is 56.4 Å². The average molecular weight is 343 g/mol. The van der Waals surface area contributed by atoms with Crippen LogP contribution in [0.25, 0.3) is 0 Å². The minimum absolute atomic E-state index is 0.0141. The molecule has 0 unspecified atom stereocenters. The van der Waals surface area contributed by atoms with Crippen molar-refractivity contribution in [3.8, 4) is 11.6 Å². The van der Waals surface area contributed by atoms with Crippen molar-refractivity contribution in [1.82, 2.24) is 4.98 Å². The van der Waals surface area contributed by atoms with Crippen LogP contribution in [0, 0.1) is 15.9 Å². The van der Waals surface area contributed by atoms with Crippen molar-refractivity contribution in [2.75, 3.05) is 0 Å². The molecular formula is C12H8BrFN2O4. The third kappa shape index (κ3) is 2.91. The van der Waals surface area contributed by atoms with Crippen molar-refractivity contribution in [2.24, 2.45) is 0 Å². The summed E-state index contributed by atoms with van der Waals surface area (Å²) in [6, 6.07) is 5.02. The maximum atomic E-state index is 13.5. The molecule has 0 saturated heterocycles. The lowest BCUT2D eigenvalue weighted by atomic mass is 10.2. The van der Waals surface area contributed by atoms with E-state index in [9.17, 15) is 14.5 Å². The third-order valence-electron chi connectivity index (χ3n) is 2.43. The summed E-state index contributed by atoms with van der Waals surface area (Å²) in [4.78, 5) is 14.1. The number of pyridine rings is 1. The predicted octanol–water partition coefficient (Wildman–Crippen LogP) is 3.18. The number of aromatic nitrogens is 1. The Hall–Kier alpha value is -2.06.